The van der Waals surface area contributed by atoms with Gasteiger partial charge in [-0.1, -0.05) is 51.3 Å². The number of hydrogen-bond acceptors (Lipinski definition) is 5. The summed E-state index contributed by atoms with van der Waals surface area (Å²) in [5.41, 5.74) is 11.9. The minimum atomic E-state index is 0.963. The Morgan fingerprint density at radius 1 is 0.543 bits per heavy atom. The second kappa shape index (κ2) is 9.44. The Hall–Kier alpha value is -2.76. The van der Waals surface area contributed by atoms with Gasteiger partial charge < -0.3 is 9.13 Å². The quantitative estimate of drug-likeness (QED) is 0.165. The number of thiophene rings is 5. The number of allylic oxidation sites excluding steroid dienone is 1. The molecule has 7 aromatic heterocycles. The summed E-state index contributed by atoms with van der Waals surface area (Å²) in [6, 6.07) is 25.4. The van der Waals surface area contributed by atoms with Crippen molar-refractivity contribution in [2.24, 2.45) is 0 Å². The molecule has 0 atom stereocenters. The summed E-state index contributed by atoms with van der Waals surface area (Å²) >= 11 is 17.2. The molecule has 10 aromatic rings. The summed E-state index contributed by atoms with van der Waals surface area (Å²) in [5, 5.41) is 2.70. The number of rotatable bonds is 2. The van der Waals surface area contributed by atoms with E-state index in [9.17, 15) is 0 Å². The average Bonchev–Trinajstić information content (AvgIpc) is 3.88. The smallest absolute Gasteiger partial charge is 0.0838 e. The zero-order valence-electron chi connectivity index (χ0n) is 24.3. The summed E-state index contributed by atoms with van der Waals surface area (Å²) in [5.74, 6) is 0. The van der Waals surface area contributed by atoms with Gasteiger partial charge in [0, 0.05) is 52.0 Å². The molecule has 0 N–H and O–H groups in total. The molecule has 0 spiro atoms. The zero-order chi connectivity index (χ0) is 30.6. The van der Waals surface area contributed by atoms with E-state index in [1.165, 1.54) is 112 Å². The van der Waals surface area contributed by atoms with Gasteiger partial charge in [-0.3, -0.25) is 0 Å². The monoisotopic (exact) mass is 810 g/mol. The van der Waals surface area contributed by atoms with E-state index in [2.05, 4.69) is 128 Å². The van der Waals surface area contributed by atoms with E-state index in [0.29, 0.717) is 0 Å². The molecule has 0 saturated heterocycles. The fourth-order valence-electron chi connectivity index (χ4n) is 7.26. The highest BCUT2D eigenvalue weighted by atomic mass is 79.9. The molecule has 9 heteroatoms. The SMILES string of the molecule is Cc1ccc(-n2c3c4c(sc3c3sc5cc6c(cc5c32)sc2c3sc5cc(Br)sc5c3n(-c3ccc(C)cc3)c62)C=C(Br)C4)cc1. The maximum absolute atomic E-state index is 3.80. The Morgan fingerprint density at radius 3 is 1.67 bits per heavy atom. The molecule has 0 bridgehead atoms. The molecule has 3 aromatic carbocycles. The van der Waals surface area contributed by atoms with Crippen LogP contribution in [0.15, 0.2) is 75.0 Å². The van der Waals surface area contributed by atoms with E-state index < -0.39 is 0 Å². The third-order valence-electron chi connectivity index (χ3n) is 9.29. The van der Waals surface area contributed by atoms with E-state index in [4.69, 9.17) is 0 Å². The molecule has 222 valence electrons. The highest BCUT2D eigenvalue weighted by Gasteiger charge is 2.28. The van der Waals surface area contributed by atoms with Crippen LogP contribution in [0.4, 0.5) is 0 Å². The molecular weight excluding hydrogens is 793 g/mol. The Morgan fingerprint density at radius 2 is 1.07 bits per heavy atom. The van der Waals surface area contributed by atoms with Crippen LogP contribution in [0.2, 0.25) is 0 Å². The van der Waals surface area contributed by atoms with Crippen molar-refractivity contribution < 1.29 is 0 Å². The lowest BCUT2D eigenvalue weighted by Gasteiger charge is -2.10. The topological polar surface area (TPSA) is 9.86 Å². The van der Waals surface area contributed by atoms with E-state index in [-0.39, 0.29) is 0 Å². The molecule has 0 radical (unpaired) electrons. The van der Waals surface area contributed by atoms with Crippen molar-refractivity contribution >= 4 is 165 Å². The minimum absolute atomic E-state index is 0.963. The molecule has 2 nitrogen and oxygen atoms in total. The number of aryl methyl sites for hydroxylation is 2. The van der Waals surface area contributed by atoms with Crippen LogP contribution < -0.4 is 0 Å². The van der Waals surface area contributed by atoms with Crippen molar-refractivity contribution in [3.63, 3.8) is 0 Å². The summed E-state index contributed by atoms with van der Waals surface area (Å²) in [7, 11) is 0. The van der Waals surface area contributed by atoms with Crippen molar-refractivity contribution in [3.8, 4) is 11.4 Å². The number of fused-ring (bicyclic) bond motifs is 14. The predicted molar refractivity (Wildman–Crippen MR) is 215 cm³/mol. The van der Waals surface area contributed by atoms with E-state index in [0.717, 1.165) is 6.42 Å². The van der Waals surface area contributed by atoms with Crippen LogP contribution in [-0.2, 0) is 6.42 Å². The number of halogens is 2. The lowest BCUT2D eigenvalue weighted by Crippen LogP contribution is -1.95. The fraction of sp³-hybridized carbons (Fsp3) is 0.0811. The maximum atomic E-state index is 3.80. The van der Waals surface area contributed by atoms with Crippen LogP contribution in [0.25, 0.3) is 87.9 Å². The maximum Gasteiger partial charge on any atom is 0.0838 e. The third-order valence-corrected chi connectivity index (χ3v) is 16.5. The first-order chi connectivity index (χ1) is 22.4. The molecule has 7 heterocycles. The van der Waals surface area contributed by atoms with Crippen molar-refractivity contribution in [3.05, 3.63) is 96.6 Å². The van der Waals surface area contributed by atoms with Crippen molar-refractivity contribution in [1.82, 2.24) is 9.13 Å². The highest BCUT2D eigenvalue weighted by molar-refractivity contribution is 9.11. The zero-order valence-corrected chi connectivity index (χ0v) is 31.6. The first kappa shape index (κ1) is 27.2. The van der Waals surface area contributed by atoms with Crippen LogP contribution >= 0.6 is 88.5 Å². The van der Waals surface area contributed by atoms with Crippen molar-refractivity contribution in [1.29, 1.82) is 0 Å². The number of nitrogens with zero attached hydrogens (tertiary/aromatic N) is 2. The van der Waals surface area contributed by atoms with Gasteiger partial charge in [-0.2, -0.15) is 0 Å². The molecule has 0 unspecified atom stereocenters. The van der Waals surface area contributed by atoms with Gasteiger partial charge in [0.2, 0.25) is 0 Å². The van der Waals surface area contributed by atoms with Gasteiger partial charge in [0.25, 0.3) is 0 Å². The predicted octanol–water partition coefficient (Wildman–Crippen LogP) is 14.3. The van der Waals surface area contributed by atoms with Gasteiger partial charge in [0.05, 0.1) is 49.4 Å². The summed E-state index contributed by atoms with van der Waals surface area (Å²) in [4.78, 5) is 1.39. The lowest BCUT2D eigenvalue weighted by molar-refractivity contribution is 1.16. The second-order valence-corrected chi connectivity index (χ2v) is 19.8. The van der Waals surface area contributed by atoms with Gasteiger partial charge in [-0.25, -0.2) is 0 Å². The Bertz CT molecular complexity index is 2970. The third kappa shape index (κ3) is 3.55. The van der Waals surface area contributed by atoms with Crippen LogP contribution in [0.3, 0.4) is 0 Å². The molecular formula is C37H20Br2N2S5. The normalized spacial score (nSPS) is 13.7. The molecule has 1 aliphatic carbocycles. The van der Waals surface area contributed by atoms with E-state index in [1.54, 1.807) is 0 Å². The van der Waals surface area contributed by atoms with Crippen molar-refractivity contribution in [2.75, 3.05) is 0 Å². The Balaban J connectivity index is 1.27. The number of aromatic nitrogens is 2. The van der Waals surface area contributed by atoms with Crippen LogP contribution in [0.5, 0.6) is 0 Å². The van der Waals surface area contributed by atoms with Crippen LogP contribution in [-0.4, -0.2) is 9.13 Å². The first-order valence-electron chi connectivity index (χ1n) is 14.9. The molecule has 11 rings (SSSR count). The van der Waals surface area contributed by atoms with Crippen LogP contribution in [0, 0.1) is 13.8 Å². The molecule has 0 aliphatic heterocycles. The first-order valence-corrected chi connectivity index (χ1v) is 20.6. The van der Waals surface area contributed by atoms with Gasteiger partial charge in [0.1, 0.15) is 0 Å². The Kier molecular flexibility index (Phi) is 5.59. The summed E-state index contributed by atoms with van der Waals surface area (Å²) in [6.45, 7) is 4.33. The summed E-state index contributed by atoms with van der Waals surface area (Å²) < 4.78 is 18.6. The largest absolute Gasteiger partial charge is 0.307 e. The number of hydrogen-bond donors (Lipinski definition) is 0. The second-order valence-electron chi connectivity index (χ2n) is 12.2. The van der Waals surface area contributed by atoms with Gasteiger partial charge in [0.15, 0.2) is 0 Å². The standard InChI is InChI=1S/C37H20Br2N2S5/c1-16-3-7-19(8-4-16)40-29-21-11-18(38)12-24(21)42-34(29)35-30(40)22-13-26-23(14-25(22)43-35)31-36(44-26)37-32(33-27(45-37)15-28(39)46-33)41(31)20-9-5-17(2)6-10-20/h3-10,12-15H,11H2,1-2H3. The molecule has 0 saturated carbocycles. The van der Waals surface area contributed by atoms with Gasteiger partial charge >= 0.3 is 0 Å². The van der Waals surface area contributed by atoms with Crippen molar-refractivity contribution in [2.45, 2.75) is 20.3 Å². The molecule has 0 fully saturated rings. The van der Waals surface area contributed by atoms with E-state index in [1.807, 2.05) is 56.7 Å². The highest BCUT2D eigenvalue weighted by Crippen LogP contribution is 2.54. The van der Waals surface area contributed by atoms with Gasteiger partial charge in [-0.05, 0) is 83.9 Å². The lowest BCUT2D eigenvalue weighted by atomic mass is 10.1. The van der Waals surface area contributed by atoms with E-state index >= 15 is 0 Å². The average molecular weight is 813 g/mol. The number of benzene rings is 3. The molecule has 1 aliphatic rings. The minimum Gasteiger partial charge on any atom is -0.307 e. The Labute approximate surface area is 299 Å². The molecule has 46 heavy (non-hydrogen) atoms. The molecule has 0 amide bonds. The fourth-order valence-corrected chi connectivity index (χ4v) is 15.1. The van der Waals surface area contributed by atoms with Crippen LogP contribution in [0.1, 0.15) is 21.6 Å². The van der Waals surface area contributed by atoms with Gasteiger partial charge in [-0.15, -0.1) is 56.7 Å². The summed E-state index contributed by atoms with van der Waals surface area (Å²) in [6.07, 6.45) is 3.28.